The molecule has 0 amide bonds. The van der Waals surface area contributed by atoms with Crippen LogP contribution in [0.25, 0.3) is 0 Å². The zero-order chi connectivity index (χ0) is 13.5. The fourth-order valence-electron chi connectivity index (χ4n) is 3.29. The van der Waals surface area contributed by atoms with Crippen LogP contribution in [0, 0.1) is 23.0 Å². The summed E-state index contributed by atoms with van der Waals surface area (Å²) in [5.41, 5.74) is 6.16. The van der Waals surface area contributed by atoms with Gasteiger partial charge in [0.1, 0.15) is 0 Å². The number of hydrogen-bond acceptors (Lipinski definition) is 2. The first-order valence-corrected chi connectivity index (χ1v) is 6.91. The van der Waals surface area contributed by atoms with Gasteiger partial charge in [-0.15, -0.1) is 0 Å². The second-order valence-electron chi connectivity index (χ2n) is 5.84. The number of rotatable bonds is 4. The van der Waals surface area contributed by atoms with Gasteiger partial charge in [0.2, 0.25) is 0 Å². The maximum atomic E-state index is 13.8. The highest BCUT2D eigenvalue weighted by molar-refractivity contribution is 5.22. The first-order valence-electron chi connectivity index (χ1n) is 6.91. The predicted molar refractivity (Wildman–Crippen MR) is 68.6 cm³/mol. The van der Waals surface area contributed by atoms with E-state index in [1.54, 1.807) is 12.1 Å². The quantitative estimate of drug-likeness (QED) is 0.910. The van der Waals surface area contributed by atoms with Crippen LogP contribution in [-0.4, -0.2) is 19.3 Å². The lowest BCUT2D eigenvalue weighted by Gasteiger charge is -2.33. The molecule has 19 heavy (non-hydrogen) atoms. The van der Waals surface area contributed by atoms with E-state index in [9.17, 15) is 8.78 Å². The van der Waals surface area contributed by atoms with Gasteiger partial charge in [0.25, 0.3) is 0 Å². The molecule has 1 aliphatic carbocycles. The van der Waals surface area contributed by atoms with Crippen LogP contribution in [0.1, 0.15) is 24.8 Å². The van der Waals surface area contributed by atoms with Crippen LogP contribution >= 0.6 is 0 Å². The Morgan fingerprint density at radius 3 is 2.79 bits per heavy atom. The molecule has 1 aromatic carbocycles. The van der Waals surface area contributed by atoms with Crippen LogP contribution < -0.4 is 5.73 Å². The zero-order valence-corrected chi connectivity index (χ0v) is 10.9. The van der Waals surface area contributed by atoms with E-state index in [0.717, 1.165) is 25.3 Å². The Balaban J connectivity index is 1.88. The SMILES string of the molecule is NCC1(Cc2cccc(F)c2F)CCOC1C1CC1. The molecule has 1 saturated heterocycles. The second-order valence-corrected chi connectivity index (χ2v) is 5.84. The molecule has 2 unspecified atom stereocenters. The van der Waals surface area contributed by atoms with Gasteiger partial charge in [-0.25, -0.2) is 8.78 Å². The summed E-state index contributed by atoms with van der Waals surface area (Å²) in [6.07, 6.45) is 3.74. The van der Waals surface area contributed by atoms with Gasteiger partial charge >= 0.3 is 0 Å². The van der Waals surface area contributed by atoms with E-state index in [1.165, 1.54) is 0 Å². The minimum absolute atomic E-state index is 0.111. The highest BCUT2D eigenvalue weighted by Crippen LogP contribution is 2.49. The van der Waals surface area contributed by atoms with Crippen LogP contribution in [0.3, 0.4) is 0 Å². The Kier molecular flexibility index (Phi) is 3.31. The molecular formula is C15H19F2NO. The molecule has 0 spiro atoms. The van der Waals surface area contributed by atoms with E-state index in [-0.39, 0.29) is 11.5 Å². The minimum atomic E-state index is -0.786. The lowest BCUT2D eigenvalue weighted by Crippen LogP contribution is -2.41. The van der Waals surface area contributed by atoms with Gasteiger partial charge in [0, 0.05) is 18.6 Å². The van der Waals surface area contributed by atoms with Gasteiger partial charge in [-0.3, -0.25) is 0 Å². The summed E-state index contributed by atoms with van der Waals surface area (Å²) in [4.78, 5) is 0. The highest BCUT2D eigenvalue weighted by atomic mass is 19.2. The highest BCUT2D eigenvalue weighted by Gasteiger charge is 2.50. The van der Waals surface area contributed by atoms with Crippen molar-refractivity contribution in [2.24, 2.45) is 17.1 Å². The van der Waals surface area contributed by atoms with Crippen LogP contribution in [-0.2, 0) is 11.2 Å². The minimum Gasteiger partial charge on any atom is -0.377 e. The van der Waals surface area contributed by atoms with Crippen molar-refractivity contribution in [3.05, 3.63) is 35.4 Å². The molecule has 3 rings (SSSR count). The molecule has 0 bridgehead atoms. The van der Waals surface area contributed by atoms with E-state index in [4.69, 9.17) is 10.5 Å². The van der Waals surface area contributed by atoms with Gasteiger partial charge in [-0.2, -0.15) is 0 Å². The number of nitrogens with two attached hydrogens (primary N) is 1. The van der Waals surface area contributed by atoms with E-state index >= 15 is 0 Å². The largest absolute Gasteiger partial charge is 0.377 e. The molecule has 1 aromatic rings. The van der Waals surface area contributed by atoms with Crippen LogP contribution in [0.2, 0.25) is 0 Å². The average molecular weight is 267 g/mol. The Hall–Kier alpha value is -1.00. The van der Waals surface area contributed by atoms with Crippen molar-refractivity contribution < 1.29 is 13.5 Å². The van der Waals surface area contributed by atoms with Crippen molar-refractivity contribution in [3.63, 3.8) is 0 Å². The van der Waals surface area contributed by atoms with Gasteiger partial charge in [-0.05, 0) is 43.2 Å². The number of hydrogen-bond donors (Lipinski definition) is 1. The fourth-order valence-corrected chi connectivity index (χ4v) is 3.29. The summed E-state index contributed by atoms with van der Waals surface area (Å²) in [5.74, 6) is -0.967. The van der Waals surface area contributed by atoms with Crippen molar-refractivity contribution in [1.29, 1.82) is 0 Å². The number of ether oxygens (including phenoxy) is 1. The molecule has 2 atom stereocenters. The van der Waals surface area contributed by atoms with Gasteiger partial charge in [0.15, 0.2) is 11.6 Å². The molecule has 4 heteroatoms. The van der Waals surface area contributed by atoms with Crippen molar-refractivity contribution in [1.82, 2.24) is 0 Å². The predicted octanol–water partition coefficient (Wildman–Crippen LogP) is 2.65. The Morgan fingerprint density at radius 2 is 2.11 bits per heavy atom. The van der Waals surface area contributed by atoms with Crippen molar-refractivity contribution in [2.75, 3.05) is 13.2 Å². The van der Waals surface area contributed by atoms with Crippen LogP contribution in [0.4, 0.5) is 8.78 Å². The third-order valence-electron chi connectivity index (χ3n) is 4.53. The molecular weight excluding hydrogens is 248 g/mol. The standard InChI is InChI=1S/C15H19F2NO/c16-12-3-1-2-11(13(12)17)8-15(9-18)6-7-19-14(15)10-4-5-10/h1-3,10,14H,4-9,18H2. The van der Waals surface area contributed by atoms with E-state index in [0.29, 0.717) is 31.1 Å². The Labute approximate surface area is 111 Å². The molecule has 1 heterocycles. The van der Waals surface area contributed by atoms with Crippen molar-refractivity contribution in [2.45, 2.75) is 31.8 Å². The summed E-state index contributed by atoms with van der Waals surface area (Å²) in [6, 6.07) is 4.36. The maximum Gasteiger partial charge on any atom is 0.162 e. The van der Waals surface area contributed by atoms with Gasteiger partial charge < -0.3 is 10.5 Å². The normalized spacial score (nSPS) is 30.8. The molecule has 1 aliphatic heterocycles. The number of benzene rings is 1. The molecule has 1 saturated carbocycles. The van der Waals surface area contributed by atoms with Gasteiger partial charge in [-0.1, -0.05) is 12.1 Å². The lowest BCUT2D eigenvalue weighted by atomic mass is 9.74. The van der Waals surface area contributed by atoms with E-state index in [2.05, 4.69) is 0 Å². The molecule has 2 aliphatic rings. The van der Waals surface area contributed by atoms with Crippen LogP contribution in [0.15, 0.2) is 18.2 Å². The molecule has 2 N–H and O–H groups in total. The number of halogens is 2. The topological polar surface area (TPSA) is 35.2 Å². The fraction of sp³-hybridized carbons (Fsp3) is 0.600. The third kappa shape index (κ3) is 2.28. The molecule has 2 fully saturated rings. The second kappa shape index (κ2) is 4.84. The summed E-state index contributed by atoms with van der Waals surface area (Å²) >= 11 is 0. The Morgan fingerprint density at radius 1 is 1.32 bits per heavy atom. The lowest BCUT2D eigenvalue weighted by molar-refractivity contribution is 0.0341. The average Bonchev–Trinajstić information content (AvgIpc) is 3.17. The molecule has 104 valence electrons. The molecule has 0 radical (unpaired) electrons. The first-order chi connectivity index (χ1) is 9.16. The third-order valence-corrected chi connectivity index (χ3v) is 4.53. The maximum absolute atomic E-state index is 13.8. The summed E-state index contributed by atoms with van der Waals surface area (Å²) in [5, 5.41) is 0. The zero-order valence-electron chi connectivity index (χ0n) is 10.9. The first kappa shape index (κ1) is 13.0. The smallest absolute Gasteiger partial charge is 0.162 e. The monoisotopic (exact) mass is 267 g/mol. The summed E-state index contributed by atoms with van der Waals surface area (Å²) < 4.78 is 33.0. The summed E-state index contributed by atoms with van der Waals surface area (Å²) in [7, 11) is 0. The van der Waals surface area contributed by atoms with E-state index in [1.807, 2.05) is 0 Å². The Bertz CT molecular complexity index is 475. The summed E-state index contributed by atoms with van der Waals surface area (Å²) in [6.45, 7) is 1.14. The van der Waals surface area contributed by atoms with Crippen molar-refractivity contribution in [3.8, 4) is 0 Å². The van der Waals surface area contributed by atoms with E-state index < -0.39 is 11.6 Å². The van der Waals surface area contributed by atoms with Crippen LogP contribution in [0.5, 0.6) is 0 Å². The molecule has 0 aromatic heterocycles. The van der Waals surface area contributed by atoms with Crippen molar-refractivity contribution >= 4 is 0 Å². The van der Waals surface area contributed by atoms with Gasteiger partial charge in [0.05, 0.1) is 6.10 Å². The molecule has 2 nitrogen and oxygen atoms in total.